The summed E-state index contributed by atoms with van der Waals surface area (Å²) in [6.07, 6.45) is 0. The zero-order valence-electron chi connectivity index (χ0n) is 27.7. The second kappa shape index (κ2) is 9.94. The maximum absolute atomic E-state index is 6.73. The van der Waals surface area contributed by atoms with E-state index in [0.717, 1.165) is 11.5 Å². The third kappa shape index (κ3) is 3.46. The molecule has 8 aromatic carbocycles. The maximum Gasteiger partial charge on any atom is 0.132 e. The van der Waals surface area contributed by atoms with Crippen molar-refractivity contribution in [2.75, 3.05) is 0 Å². The van der Waals surface area contributed by atoms with Crippen molar-refractivity contribution >= 4 is 10.8 Å². The molecule has 0 saturated carbocycles. The number of hydrogen-bond donors (Lipinski definition) is 0. The molecule has 0 N–H and O–H groups in total. The van der Waals surface area contributed by atoms with Crippen molar-refractivity contribution in [2.24, 2.45) is 0 Å². The van der Waals surface area contributed by atoms with Crippen LogP contribution in [0.2, 0.25) is 0 Å². The molecule has 1 heteroatoms. The lowest BCUT2D eigenvalue weighted by molar-refractivity contribution is 0.436. The summed E-state index contributed by atoms with van der Waals surface area (Å²) in [6, 6.07) is 65.0. The van der Waals surface area contributed by atoms with Crippen LogP contribution >= 0.6 is 0 Å². The standard InChI is InChI=1S/C49H32O/c1-48(35-15-3-2-4-16-35)43-29-33(23-25-38(43)39-27-31-13-5-6-14-32(31)28-44(39)48)34-24-26-47-45(30-34)49(42-21-11-12-22-46(42)50-47)40-19-9-7-17-36(40)37-18-8-10-20-41(37)49/h2-30H,1H3. The highest BCUT2D eigenvalue weighted by atomic mass is 16.5. The maximum atomic E-state index is 6.73. The fraction of sp³-hybridized carbons (Fsp3) is 0.0612. The molecule has 234 valence electrons. The van der Waals surface area contributed by atoms with Crippen molar-refractivity contribution in [3.05, 3.63) is 215 Å². The van der Waals surface area contributed by atoms with E-state index in [2.05, 4.69) is 183 Å². The summed E-state index contributed by atoms with van der Waals surface area (Å²) in [5.74, 6) is 1.83. The van der Waals surface area contributed by atoms with Gasteiger partial charge >= 0.3 is 0 Å². The van der Waals surface area contributed by atoms with Gasteiger partial charge in [0.1, 0.15) is 11.5 Å². The Hall–Kier alpha value is -6.18. The molecule has 0 amide bonds. The quantitative estimate of drug-likeness (QED) is 0.183. The summed E-state index contributed by atoms with van der Waals surface area (Å²) in [5.41, 5.74) is 15.8. The van der Waals surface area contributed by atoms with E-state index in [1.807, 2.05) is 0 Å². The highest BCUT2D eigenvalue weighted by molar-refractivity contribution is 5.95. The topological polar surface area (TPSA) is 9.23 Å². The summed E-state index contributed by atoms with van der Waals surface area (Å²) in [7, 11) is 0. The third-order valence-electron chi connectivity index (χ3n) is 11.8. The fourth-order valence-electron chi connectivity index (χ4n) is 9.51. The smallest absolute Gasteiger partial charge is 0.132 e. The molecule has 0 aromatic heterocycles. The first-order valence-electron chi connectivity index (χ1n) is 17.5. The average molecular weight is 637 g/mol. The van der Waals surface area contributed by atoms with Crippen LogP contribution in [0.4, 0.5) is 0 Å². The second-order valence-corrected chi connectivity index (χ2v) is 14.1. The van der Waals surface area contributed by atoms with Crippen molar-refractivity contribution < 1.29 is 4.74 Å². The van der Waals surface area contributed by atoms with Gasteiger partial charge in [0.25, 0.3) is 0 Å². The van der Waals surface area contributed by atoms with Crippen molar-refractivity contribution in [3.63, 3.8) is 0 Å². The lowest BCUT2D eigenvalue weighted by Gasteiger charge is -2.39. The molecule has 3 aliphatic rings. The largest absolute Gasteiger partial charge is 0.457 e. The van der Waals surface area contributed by atoms with Gasteiger partial charge in [0.15, 0.2) is 0 Å². The summed E-state index contributed by atoms with van der Waals surface area (Å²) in [4.78, 5) is 0. The average Bonchev–Trinajstić information content (AvgIpc) is 3.61. The van der Waals surface area contributed by atoms with Gasteiger partial charge in [-0.2, -0.15) is 0 Å². The minimum atomic E-state index is -0.487. The second-order valence-electron chi connectivity index (χ2n) is 14.1. The first kappa shape index (κ1) is 27.7. The van der Waals surface area contributed by atoms with E-state index in [0.29, 0.717) is 0 Å². The predicted molar refractivity (Wildman–Crippen MR) is 204 cm³/mol. The SMILES string of the molecule is CC1(c2ccccc2)c2cc(-c3ccc4c(c3)C3(c5ccccc5O4)c4ccccc4-c4ccccc43)ccc2-c2cc3ccccc3cc21. The molecule has 1 unspecified atom stereocenters. The van der Waals surface area contributed by atoms with E-state index in [4.69, 9.17) is 4.74 Å². The van der Waals surface area contributed by atoms with Gasteiger partial charge in [-0.3, -0.25) is 0 Å². The van der Waals surface area contributed by atoms with Crippen molar-refractivity contribution in [2.45, 2.75) is 17.8 Å². The van der Waals surface area contributed by atoms with Crippen LogP contribution in [-0.4, -0.2) is 0 Å². The highest BCUT2D eigenvalue weighted by Crippen LogP contribution is 2.62. The van der Waals surface area contributed by atoms with Gasteiger partial charge in [-0.05, 0) is 115 Å². The third-order valence-corrected chi connectivity index (χ3v) is 11.8. The molecule has 8 aromatic rings. The molecule has 1 aliphatic heterocycles. The van der Waals surface area contributed by atoms with Crippen LogP contribution in [0.5, 0.6) is 11.5 Å². The highest BCUT2D eigenvalue weighted by Gasteiger charge is 2.51. The number of hydrogen-bond acceptors (Lipinski definition) is 1. The zero-order valence-corrected chi connectivity index (χ0v) is 27.7. The first-order chi connectivity index (χ1) is 24.7. The Balaban J connectivity index is 1.16. The summed E-state index contributed by atoms with van der Waals surface area (Å²) >= 11 is 0. The molecule has 2 aliphatic carbocycles. The van der Waals surface area contributed by atoms with Gasteiger partial charge in [0, 0.05) is 16.5 Å². The van der Waals surface area contributed by atoms with E-state index in [9.17, 15) is 0 Å². The molecule has 1 spiro atoms. The molecular weight excluding hydrogens is 605 g/mol. The first-order valence-corrected chi connectivity index (χ1v) is 17.5. The van der Waals surface area contributed by atoms with Crippen LogP contribution in [-0.2, 0) is 10.8 Å². The zero-order chi connectivity index (χ0) is 33.0. The molecule has 1 atom stereocenters. The monoisotopic (exact) mass is 636 g/mol. The minimum absolute atomic E-state index is 0.299. The predicted octanol–water partition coefficient (Wildman–Crippen LogP) is 12.3. The number of benzene rings is 8. The minimum Gasteiger partial charge on any atom is -0.457 e. The normalized spacial score (nSPS) is 16.9. The van der Waals surface area contributed by atoms with E-state index in [1.54, 1.807) is 0 Å². The molecule has 0 radical (unpaired) electrons. The van der Waals surface area contributed by atoms with Crippen LogP contribution < -0.4 is 4.74 Å². The molecule has 1 nitrogen and oxygen atoms in total. The summed E-state index contributed by atoms with van der Waals surface area (Å²) in [5, 5.41) is 2.55. The summed E-state index contributed by atoms with van der Waals surface area (Å²) < 4.78 is 6.73. The molecule has 0 saturated heterocycles. The van der Waals surface area contributed by atoms with Gasteiger partial charge < -0.3 is 4.74 Å². The molecule has 0 bridgehead atoms. The van der Waals surface area contributed by atoms with E-state index < -0.39 is 5.41 Å². The lowest BCUT2D eigenvalue weighted by atomic mass is 9.65. The lowest BCUT2D eigenvalue weighted by Crippen LogP contribution is -2.32. The van der Waals surface area contributed by atoms with Crippen LogP contribution in [0.1, 0.15) is 45.9 Å². The van der Waals surface area contributed by atoms with Crippen molar-refractivity contribution in [1.82, 2.24) is 0 Å². The number of fused-ring (bicyclic) bond motifs is 13. The number of para-hydroxylation sites is 1. The van der Waals surface area contributed by atoms with Gasteiger partial charge in [-0.25, -0.2) is 0 Å². The Labute approximate surface area is 292 Å². The Morgan fingerprint density at radius 2 is 0.880 bits per heavy atom. The van der Waals surface area contributed by atoms with E-state index in [-0.39, 0.29) is 5.41 Å². The number of ether oxygens (including phenoxy) is 1. The van der Waals surface area contributed by atoms with Crippen LogP contribution in [0, 0.1) is 0 Å². The van der Waals surface area contributed by atoms with Crippen molar-refractivity contribution in [1.29, 1.82) is 0 Å². The molecular formula is C49H32O. The fourth-order valence-corrected chi connectivity index (χ4v) is 9.51. The molecule has 1 heterocycles. The molecule has 11 rings (SSSR count). The number of rotatable bonds is 2. The van der Waals surface area contributed by atoms with Crippen LogP contribution in [0.25, 0.3) is 44.2 Å². The summed E-state index contributed by atoms with van der Waals surface area (Å²) in [6.45, 7) is 2.41. The Morgan fingerprint density at radius 1 is 0.360 bits per heavy atom. The van der Waals surface area contributed by atoms with Gasteiger partial charge in [0.05, 0.1) is 5.41 Å². The Bertz CT molecular complexity index is 2660. The van der Waals surface area contributed by atoms with E-state index >= 15 is 0 Å². The Morgan fingerprint density at radius 3 is 1.62 bits per heavy atom. The molecule has 50 heavy (non-hydrogen) atoms. The van der Waals surface area contributed by atoms with E-state index in [1.165, 1.54) is 83.1 Å². The molecule has 0 fully saturated rings. The van der Waals surface area contributed by atoms with Crippen molar-refractivity contribution in [3.8, 4) is 44.9 Å². The van der Waals surface area contributed by atoms with Gasteiger partial charge in [0.2, 0.25) is 0 Å². The van der Waals surface area contributed by atoms with Crippen LogP contribution in [0.3, 0.4) is 0 Å². The van der Waals surface area contributed by atoms with Crippen LogP contribution in [0.15, 0.2) is 176 Å². The van der Waals surface area contributed by atoms with Gasteiger partial charge in [-0.15, -0.1) is 0 Å². The Kier molecular flexibility index (Phi) is 5.51. The van der Waals surface area contributed by atoms with Gasteiger partial charge in [-0.1, -0.05) is 140 Å².